The van der Waals surface area contributed by atoms with E-state index in [2.05, 4.69) is 5.32 Å². The maximum Gasteiger partial charge on any atom is 0.341 e. The third-order valence-corrected chi connectivity index (χ3v) is 4.61. The smallest absolute Gasteiger partial charge is 0.341 e. The predicted octanol–water partition coefficient (Wildman–Crippen LogP) is 4.69. The van der Waals surface area contributed by atoms with Gasteiger partial charge in [0.1, 0.15) is 5.57 Å². The standard InChI is InChI=1S/C25H23NO4/c1-29-17-23(25(28)30-2)22-11-7-6-10-20(22)16-26-21-14-12-19(13-15-21)24(27)18-8-4-3-5-9-18/h3-15,17,26H,16H2,1-2H3/b23-17+. The number of anilines is 1. The fraction of sp³-hybridized carbons (Fsp3) is 0.120. The largest absolute Gasteiger partial charge is 0.503 e. The van der Waals surface area contributed by atoms with Crippen molar-refractivity contribution < 1.29 is 19.1 Å². The molecule has 0 aromatic heterocycles. The molecule has 5 heteroatoms. The molecule has 30 heavy (non-hydrogen) atoms. The Morgan fingerprint density at radius 1 is 0.833 bits per heavy atom. The fourth-order valence-electron chi connectivity index (χ4n) is 3.08. The second-order valence-electron chi connectivity index (χ2n) is 6.54. The summed E-state index contributed by atoms with van der Waals surface area (Å²) in [6.07, 6.45) is 1.38. The van der Waals surface area contributed by atoms with Crippen LogP contribution in [-0.2, 0) is 20.8 Å². The first-order chi connectivity index (χ1) is 14.6. The lowest BCUT2D eigenvalue weighted by Gasteiger charge is -2.13. The Morgan fingerprint density at radius 3 is 2.13 bits per heavy atom. The van der Waals surface area contributed by atoms with Crippen LogP contribution in [0.3, 0.4) is 0 Å². The van der Waals surface area contributed by atoms with Crippen LogP contribution in [0.25, 0.3) is 5.57 Å². The van der Waals surface area contributed by atoms with Crippen LogP contribution in [0.1, 0.15) is 27.0 Å². The number of hydrogen-bond acceptors (Lipinski definition) is 5. The quantitative estimate of drug-likeness (QED) is 0.257. The van der Waals surface area contributed by atoms with Crippen molar-refractivity contribution in [2.24, 2.45) is 0 Å². The SMILES string of the molecule is CO/C=C(/C(=O)OC)c1ccccc1CNc1ccc(C(=O)c2ccccc2)cc1. The number of methoxy groups -OCH3 is 2. The molecule has 0 radical (unpaired) electrons. The van der Waals surface area contributed by atoms with E-state index in [1.165, 1.54) is 20.5 Å². The van der Waals surface area contributed by atoms with Gasteiger partial charge in [0.05, 0.1) is 20.5 Å². The van der Waals surface area contributed by atoms with Gasteiger partial charge < -0.3 is 14.8 Å². The van der Waals surface area contributed by atoms with E-state index in [0.29, 0.717) is 23.2 Å². The van der Waals surface area contributed by atoms with Crippen LogP contribution in [0, 0.1) is 0 Å². The van der Waals surface area contributed by atoms with Crippen LogP contribution < -0.4 is 5.32 Å². The van der Waals surface area contributed by atoms with Gasteiger partial charge in [-0.15, -0.1) is 0 Å². The van der Waals surface area contributed by atoms with Crippen molar-refractivity contribution in [3.8, 4) is 0 Å². The molecule has 0 unspecified atom stereocenters. The summed E-state index contributed by atoms with van der Waals surface area (Å²) in [4.78, 5) is 24.7. The summed E-state index contributed by atoms with van der Waals surface area (Å²) in [6, 6.07) is 24.1. The van der Waals surface area contributed by atoms with Crippen LogP contribution in [-0.4, -0.2) is 26.0 Å². The third kappa shape index (κ3) is 4.94. The molecule has 0 saturated heterocycles. The van der Waals surface area contributed by atoms with Crippen molar-refractivity contribution in [1.29, 1.82) is 0 Å². The van der Waals surface area contributed by atoms with Crippen LogP contribution in [0.4, 0.5) is 5.69 Å². The summed E-state index contributed by atoms with van der Waals surface area (Å²) in [7, 11) is 2.83. The van der Waals surface area contributed by atoms with Crippen molar-refractivity contribution in [1.82, 2.24) is 0 Å². The molecule has 0 aliphatic carbocycles. The van der Waals surface area contributed by atoms with Crippen LogP contribution in [0.5, 0.6) is 0 Å². The normalized spacial score (nSPS) is 10.9. The number of benzene rings is 3. The summed E-state index contributed by atoms with van der Waals surface area (Å²) in [5.41, 5.74) is 4.15. The molecule has 3 rings (SSSR count). The third-order valence-electron chi connectivity index (χ3n) is 4.61. The van der Waals surface area contributed by atoms with E-state index < -0.39 is 5.97 Å². The molecule has 0 bridgehead atoms. The second-order valence-corrected chi connectivity index (χ2v) is 6.54. The van der Waals surface area contributed by atoms with Crippen molar-refractivity contribution in [3.05, 3.63) is 107 Å². The average Bonchev–Trinajstić information content (AvgIpc) is 2.81. The summed E-state index contributed by atoms with van der Waals surface area (Å²) in [5, 5.41) is 3.33. The number of nitrogens with one attached hydrogen (secondary N) is 1. The van der Waals surface area contributed by atoms with Crippen molar-refractivity contribution >= 4 is 23.0 Å². The van der Waals surface area contributed by atoms with E-state index in [9.17, 15) is 9.59 Å². The van der Waals surface area contributed by atoms with Gasteiger partial charge in [0.15, 0.2) is 5.78 Å². The van der Waals surface area contributed by atoms with Crippen molar-refractivity contribution in [3.63, 3.8) is 0 Å². The van der Waals surface area contributed by atoms with Gasteiger partial charge in [-0.2, -0.15) is 0 Å². The lowest BCUT2D eigenvalue weighted by molar-refractivity contribution is -0.133. The summed E-state index contributed by atoms with van der Waals surface area (Å²) in [5.74, 6) is -0.479. The number of rotatable bonds is 8. The highest BCUT2D eigenvalue weighted by Gasteiger charge is 2.16. The molecular weight excluding hydrogens is 378 g/mol. The van der Waals surface area contributed by atoms with Crippen LogP contribution in [0.15, 0.2) is 85.1 Å². The van der Waals surface area contributed by atoms with Gasteiger partial charge in [0.2, 0.25) is 0 Å². The molecule has 0 spiro atoms. The van der Waals surface area contributed by atoms with Gasteiger partial charge in [-0.1, -0.05) is 54.6 Å². The molecule has 3 aromatic rings. The predicted molar refractivity (Wildman–Crippen MR) is 117 cm³/mol. The number of carbonyl (C=O) groups excluding carboxylic acids is 2. The molecule has 3 aromatic carbocycles. The fourth-order valence-corrected chi connectivity index (χ4v) is 3.08. The first kappa shape index (κ1) is 20.9. The highest BCUT2D eigenvalue weighted by atomic mass is 16.5. The van der Waals surface area contributed by atoms with Gasteiger partial charge in [-0.3, -0.25) is 4.79 Å². The van der Waals surface area contributed by atoms with Crippen molar-refractivity contribution in [2.45, 2.75) is 6.54 Å². The van der Waals surface area contributed by atoms with Gasteiger partial charge in [-0.25, -0.2) is 4.79 Å². The van der Waals surface area contributed by atoms with E-state index in [1.54, 1.807) is 24.3 Å². The van der Waals surface area contributed by atoms with Gasteiger partial charge in [0, 0.05) is 23.4 Å². The number of ether oxygens (including phenoxy) is 2. The minimum atomic E-state index is -0.465. The molecular formula is C25H23NO4. The first-order valence-corrected chi connectivity index (χ1v) is 9.47. The molecule has 1 N–H and O–H groups in total. The monoisotopic (exact) mass is 401 g/mol. The van der Waals surface area contributed by atoms with Crippen LogP contribution in [0.2, 0.25) is 0 Å². The first-order valence-electron chi connectivity index (χ1n) is 9.47. The summed E-state index contributed by atoms with van der Waals surface area (Å²) in [6.45, 7) is 0.486. The molecule has 152 valence electrons. The molecule has 0 aliphatic rings. The number of carbonyl (C=O) groups is 2. The molecule has 0 saturated carbocycles. The van der Waals surface area contributed by atoms with E-state index in [0.717, 1.165) is 16.8 Å². The highest BCUT2D eigenvalue weighted by molar-refractivity contribution is 6.16. The van der Waals surface area contributed by atoms with Gasteiger partial charge in [0.25, 0.3) is 0 Å². The zero-order valence-electron chi connectivity index (χ0n) is 16.9. The number of hydrogen-bond donors (Lipinski definition) is 1. The molecule has 0 aliphatic heterocycles. The van der Waals surface area contributed by atoms with Gasteiger partial charge in [-0.05, 0) is 35.4 Å². The summed E-state index contributed by atoms with van der Waals surface area (Å²) < 4.78 is 9.93. The van der Waals surface area contributed by atoms with Crippen LogP contribution >= 0.6 is 0 Å². The Bertz CT molecular complexity index is 1040. The Morgan fingerprint density at radius 2 is 1.47 bits per heavy atom. The zero-order valence-corrected chi connectivity index (χ0v) is 16.9. The van der Waals surface area contributed by atoms with Gasteiger partial charge >= 0.3 is 5.97 Å². The topological polar surface area (TPSA) is 64.6 Å². The zero-order chi connectivity index (χ0) is 21.3. The Hall–Kier alpha value is -3.86. The minimum absolute atomic E-state index is 0.0140. The molecule has 0 atom stereocenters. The number of esters is 1. The lowest BCUT2D eigenvalue weighted by atomic mass is 10.00. The van der Waals surface area contributed by atoms with E-state index in [1.807, 2.05) is 54.6 Å². The van der Waals surface area contributed by atoms with E-state index in [-0.39, 0.29) is 5.78 Å². The Balaban J connectivity index is 1.74. The maximum absolute atomic E-state index is 12.5. The minimum Gasteiger partial charge on any atom is -0.503 e. The molecule has 0 heterocycles. The molecule has 5 nitrogen and oxygen atoms in total. The molecule has 0 fully saturated rings. The van der Waals surface area contributed by atoms with E-state index >= 15 is 0 Å². The second kappa shape index (κ2) is 10.1. The highest BCUT2D eigenvalue weighted by Crippen LogP contribution is 2.22. The number of ketones is 1. The van der Waals surface area contributed by atoms with Crippen molar-refractivity contribution in [2.75, 3.05) is 19.5 Å². The molecule has 0 amide bonds. The lowest BCUT2D eigenvalue weighted by Crippen LogP contribution is -2.09. The Kier molecular flexibility index (Phi) is 7.00. The maximum atomic E-state index is 12.5. The summed E-state index contributed by atoms with van der Waals surface area (Å²) >= 11 is 0. The average molecular weight is 401 g/mol. The Labute approximate surface area is 176 Å². The van der Waals surface area contributed by atoms with E-state index in [4.69, 9.17) is 9.47 Å².